The topological polar surface area (TPSA) is 94.2 Å². The van der Waals surface area contributed by atoms with E-state index in [4.69, 9.17) is 14.2 Å². The predicted octanol–water partition coefficient (Wildman–Crippen LogP) is 2.02. The molecule has 1 fully saturated rings. The van der Waals surface area contributed by atoms with Crippen LogP contribution in [0.25, 0.3) is 0 Å². The lowest BCUT2D eigenvalue weighted by Crippen LogP contribution is -2.51. The second-order valence-corrected chi connectivity index (χ2v) is 7.59. The van der Waals surface area contributed by atoms with Crippen LogP contribution in [0, 0.1) is 0 Å². The summed E-state index contributed by atoms with van der Waals surface area (Å²) < 4.78 is 16.3. The maximum absolute atomic E-state index is 12.4. The van der Waals surface area contributed by atoms with Gasteiger partial charge >= 0.3 is 6.09 Å². The van der Waals surface area contributed by atoms with E-state index >= 15 is 0 Å². The Hall–Kier alpha value is -2.61. The van der Waals surface area contributed by atoms with Gasteiger partial charge in [-0.25, -0.2) is 4.79 Å². The molecule has 28 heavy (non-hydrogen) atoms. The number of ketones is 1. The zero-order valence-corrected chi connectivity index (χ0v) is 16.8. The van der Waals surface area contributed by atoms with Gasteiger partial charge in [0, 0.05) is 25.2 Å². The third-order valence-corrected chi connectivity index (χ3v) is 3.97. The van der Waals surface area contributed by atoms with Crippen LogP contribution in [0.5, 0.6) is 5.75 Å². The van der Waals surface area contributed by atoms with Crippen LogP contribution in [-0.4, -0.2) is 67.2 Å². The van der Waals surface area contributed by atoms with Crippen LogP contribution in [0.4, 0.5) is 4.79 Å². The van der Waals surface area contributed by atoms with Crippen molar-refractivity contribution in [2.24, 2.45) is 0 Å². The molecule has 0 saturated carbocycles. The average Bonchev–Trinajstić information content (AvgIpc) is 2.63. The van der Waals surface area contributed by atoms with Crippen LogP contribution >= 0.6 is 0 Å². The molecule has 2 amide bonds. The molecule has 0 aromatic heterocycles. The first-order valence-electron chi connectivity index (χ1n) is 9.24. The molecule has 8 heteroatoms. The zero-order valence-electron chi connectivity index (χ0n) is 16.8. The van der Waals surface area contributed by atoms with Gasteiger partial charge in [0.05, 0.1) is 12.7 Å². The molecule has 154 valence electrons. The van der Waals surface area contributed by atoms with Crippen molar-refractivity contribution in [2.45, 2.75) is 39.4 Å². The SMILES string of the molecule is CC(=O)c1cccc(OCC(=O)N2CCO[C@H](CNC(=O)OC(C)(C)C)C2)c1. The molecule has 1 heterocycles. The quantitative estimate of drug-likeness (QED) is 0.745. The summed E-state index contributed by atoms with van der Waals surface area (Å²) in [5, 5.41) is 2.66. The van der Waals surface area contributed by atoms with E-state index in [0.717, 1.165) is 0 Å². The van der Waals surface area contributed by atoms with Gasteiger partial charge in [0.15, 0.2) is 12.4 Å². The van der Waals surface area contributed by atoms with Gasteiger partial charge in [0.2, 0.25) is 0 Å². The molecule has 0 aliphatic carbocycles. The molecule has 1 aliphatic heterocycles. The summed E-state index contributed by atoms with van der Waals surface area (Å²) in [6.45, 7) is 8.15. The van der Waals surface area contributed by atoms with Crippen molar-refractivity contribution in [3.8, 4) is 5.75 Å². The molecule has 1 aromatic carbocycles. The van der Waals surface area contributed by atoms with Crippen molar-refractivity contribution in [3.63, 3.8) is 0 Å². The Morgan fingerprint density at radius 1 is 1.29 bits per heavy atom. The summed E-state index contributed by atoms with van der Waals surface area (Å²) in [4.78, 5) is 37.2. The number of carbonyl (C=O) groups excluding carboxylic acids is 3. The molecule has 1 atom stereocenters. The van der Waals surface area contributed by atoms with Gasteiger partial charge < -0.3 is 24.4 Å². The minimum Gasteiger partial charge on any atom is -0.484 e. The number of rotatable bonds is 6. The summed E-state index contributed by atoms with van der Waals surface area (Å²) in [6, 6.07) is 6.72. The Balaban J connectivity index is 1.80. The summed E-state index contributed by atoms with van der Waals surface area (Å²) in [7, 11) is 0. The molecule has 1 aliphatic rings. The fourth-order valence-electron chi connectivity index (χ4n) is 2.62. The Morgan fingerprint density at radius 3 is 2.71 bits per heavy atom. The second-order valence-electron chi connectivity index (χ2n) is 7.59. The fraction of sp³-hybridized carbons (Fsp3) is 0.550. The molecule has 2 rings (SSSR count). The Bertz CT molecular complexity index is 713. The van der Waals surface area contributed by atoms with Gasteiger partial charge in [-0.3, -0.25) is 9.59 Å². The standard InChI is InChI=1S/C20H28N2O6/c1-14(23)15-6-5-7-16(10-15)27-13-18(24)22-8-9-26-17(12-22)11-21-19(25)28-20(2,3)4/h5-7,10,17H,8-9,11-13H2,1-4H3,(H,21,25)/t17-/m1/s1. The lowest BCUT2D eigenvalue weighted by atomic mass is 10.1. The molecule has 0 bridgehead atoms. The van der Waals surface area contributed by atoms with E-state index in [9.17, 15) is 14.4 Å². The van der Waals surface area contributed by atoms with Crippen molar-refractivity contribution < 1.29 is 28.6 Å². The van der Waals surface area contributed by atoms with Gasteiger partial charge in [0.25, 0.3) is 5.91 Å². The third-order valence-electron chi connectivity index (χ3n) is 3.97. The van der Waals surface area contributed by atoms with E-state index in [1.807, 2.05) is 0 Å². The Morgan fingerprint density at radius 2 is 2.04 bits per heavy atom. The maximum atomic E-state index is 12.4. The monoisotopic (exact) mass is 392 g/mol. The fourth-order valence-corrected chi connectivity index (χ4v) is 2.62. The lowest BCUT2D eigenvalue weighted by Gasteiger charge is -2.33. The first-order valence-corrected chi connectivity index (χ1v) is 9.24. The molecular weight excluding hydrogens is 364 g/mol. The highest BCUT2D eigenvalue weighted by atomic mass is 16.6. The number of carbonyl (C=O) groups is 3. The van der Waals surface area contributed by atoms with Gasteiger partial charge in [-0.2, -0.15) is 0 Å². The van der Waals surface area contributed by atoms with Crippen LogP contribution < -0.4 is 10.1 Å². The van der Waals surface area contributed by atoms with E-state index in [0.29, 0.717) is 31.0 Å². The van der Waals surface area contributed by atoms with E-state index in [2.05, 4.69) is 5.32 Å². The summed E-state index contributed by atoms with van der Waals surface area (Å²) in [5.41, 5.74) is -0.0408. The van der Waals surface area contributed by atoms with Crippen molar-refractivity contribution >= 4 is 17.8 Å². The van der Waals surface area contributed by atoms with Crippen molar-refractivity contribution in [2.75, 3.05) is 32.8 Å². The number of alkyl carbamates (subject to hydrolysis) is 1. The van der Waals surface area contributed by atoms with Crippen LogP contribution in [-0.2, 0) is 14.3 Å². The van der Waals surface area contributed by atoms with E-state index in [-0.39, 0.29) is 30.9 Å². The summed E-state index contributed by atoms with van der Waals surface area (Å²) in [5.74, 6) is 0.224. The smallest absolute Gasteiger partial charge is 0.407 e. The van der Waals surface area contributed by atoms with Crippen LogP contribution in [0.15, 0.2) is 24.3 Å². The normalized spacial score (nSPS) is 17.0. The molecule has 1 saturated heterocycles. The van der Waals surface area contributed by atoms with Gasteiger partial charge in [0.1, 0.15) is 11.4 Å². The highest BCUT2D eigenvalue weighted by molar-refractivity contribution is 5.94. The number of nitrogens with zero attached hydrogens (tertiary/aromatic N) is 1. The molecule has 0 unspecified atom stereocenters. The highest BCUT2D eigenvalue weighted by Crippen LogP contribution is 2.14. The van der Waals surface area contributed by atoms with Crippen molar-refractivity contribution in [1.82, 2.24) is 10.2 Å². The molecule has 8 nitrogen and oxygen atoms in total. The maximum Gasteiger partial charge on any atom is 0.407 e. The van der Waals surface area contributed by atoms with E-state index < -0.39 is 11.7 Å². The zero-order chi connectivity index (χ0) is 20.7. The second kappa shape index (κ2) is 9.54. The predicted molar refractivity (Wildman–Crippen MR) is 102 cm³/mol. The number of Topliss-reactive ketones (excluding diaryl/α,β-unsaturated/α-hetero) is 1. The van der Waals surface area contributed by atoms with Gasteiger partial charge in [-0.1, -0.05) is 12.1 Å². The summed E-state index contributed by atoms with van der Waals surface area (Å²) >= 11 is 0. The minimum atomic E-state index is -0.573. The van der Waals surface area contributed by atoms with Crippen LogP contribution in [0.1, 0.15) is 38.1 Å². The van der Waals surface area contributed by atoms with Crippen LogP contribution in [0.3, 0.4) is 0 Å². The Kier molecular flexibility index (Phi) is 7.39. The molecule has 0 spiro atoms. The lowest BCUT2D eigenvalue weighted by molar-refractivity contribution is -0.140. The Labute approximate surface area is 165 Å². The molecule has 0 radical (unpaired) electrons. The van der Waals surface area contributed by atoms with E-state index in [1.54, 1.807) is 49.9 Å². The number of hydrogen-bond acceptors (Lipinski definition) is 6. The molecular formula is C20H28N2O6. The highest BCUT2D eigenvalue weighted by Gasteiger charge is 2.25. The molecule has 1 N–H and O–H groups in total. The number of benzene rings is 1. The molecule has 1 aromatic rings. The van der Waals surface area contributed by atoms with Crippen molar-refractivity contribution in [1.29, 1.82) is 0 Å². The number of amides is 2. The third kappa shape index (κ3) is 7.19. The first kappa shape index (κ1) is 21.7. The van der Waals surface area contributed by atoms with Gasteiger partial charge in [-0.05, 0) is 39.8 Å². The first-order chi connectivity index (χ1) is 13.1. The number of hydrogen-bond donors (Lipinski definition) is 1. The van der Waals surface area contributed by atoms with E-state index in [1.165, 1.54) is 6.92 Å². The minimum absolute atomic E-state index is 0.0646. The van der Waals surface area contributed by atoms with Crippen LogP contribution in [0.2, 0.25) is 0 Å². The van der Waals surface area contributed by atoms with Gasteiger partial charge in [-0.15, -0.1) is 0 Å². The largest absolute Gasteiger partial charge is 0.484 e. The number of nitrogens with one attached hydrogen (secondary N) is 1. The number of ether oxygens (including phenoxy) is 3. The summed E-state index contributed by atoms with van der Waals surface area (Å²) in [6.07, 6.45) is -0.834. The number of morpholine rings is 1. The average molecular weight is 392 g/mol. The van der Waals surface area contributed by atoms with Crippen molar-refractivity contribution in [3.05, 3.63) is 29.8 Å².